The zero-order valence-corrected chi connectivity index (χ0v) is 12.3. The largest absolute Gasteiger partial charge is 0.493 e. The van der Waals surface area contributed by atoms with Crippen LogP contribution in [0.15, 0.2) is 12.1 Å². The first kappa shape index (κ1) is 15.3. The zero-order valence-electron chi connectivity index (χ0n) is 11.5. The quantitative estimate of drug-likeness (QED) is 0.889. The van der Waals surface area contributed by atoms with Gasteiger partial charge in [-0.15, -0.1) is 12.4 Å². The molecule has 2 rings (SSSR count). The van der Waals surface area contributed by atoms with Crippen LogP contribution in [0.4, 0.5) is 0 Å². The van der Waals surface area contributed by atoms with Crippen LogP contribution in [0.25, 0.3) is 0 Å². The molecule has 1 saturated carbocycles. The van der Waals surface area contributed by atoms with E-state index in [-0.39, 0.29) is 18.4 Å². The van der Waals surface area contributed by atoms with Crippen LogP contribution in [-0.2, 0) is 6.42 Å². The van der Waals surface area contributed by atoms with Crippen LogP contribution in [0, 0.1) is 19.8 Å². The van der Waals surface area contributed by atoms with Gasteiger partial charge in [-0.2, -0.15) is 0 Å². The topological polar surface area (TPSA) is 35.2 Å². The van der Waals surface area contributed by atoms with E-state index in [0.29, 0.717) is 0 Å². The van der Waals surface area contributed by atoms with Gasteiger partial charge in [0.2, 0.25) is 0 Å². The lowest BCUT2D eigenvalue weighted by atomic mass is 10.0. The highest BCUT2D eigenvalue weighted by molar-refractivity contribution is 5.85. The normalized spacial score (nSPS) is 16.0. The molecule has 0 bridgehead atoms. The van der Waals surface area contributed by atoms with Gasteiger partial charge in [0.25, 0.3) is 0 Å². The molecule has 0 spiro atoms. The van der Waals surface area contributed by atoms with Gasteiger partial charge in [0, 0.05) is 6.04 Å². The van der Waals surface area contributed by atoms with Gasteiger partial charge in [-0.3, -0.25) is 0 Å². The Hall–Kier alpha value is -0.730. The minimum Gasteiger partial charge on any atom is -0.493 e. The predicted molar refractivity (Wildman–Crippen MR) is 78.7 cm³/mol. The maximum Gasteiger partial charge on any atom is 0.125 e. The van der Waals surface area contributed by atoms with E-state index in [1.54, 1.807) is 0 Å². The molecule has 0 saturated heterocycles. The van der Waals surface area contributed by atoms with Crippen molar-refractivity contribution in [2.75, 3.05) is 6.61 Å². The summed E-state index contributed by atoms with van der Waals surface area (Å²) in [6.07, 6.45) is 3.55. The smallest absolute Gasteiger partial charge is 0.125 e. The number of aryl methyl sites for hydroxylation is 2. The van der Waals surface area contributed by atoms with Crippen molar-refractivity contribution in [3.05, 3.63) is 28.8 Å². The molecule has 102 valence electrons. The second-order valence-electron chi connectivity index (χ2n) is 5.51. The van der Waals surface area contributed by atoms with E-state index in [1.807, 2.05) is 6.92 Å². The van der Waals surface area contributed by atoms with Crippen molar-refractivity contribution in [2.45, 2.75) is 46.1 Å². The van der Waals surface area contributed by atoms with E-state index in [1.165, 1.54) is 29.5 Å². The Labute approximate surface area is 116 Å². The summed E-state index contributed by atoms with van der Waals surface area (Å²) in [7, 11) is 0. The summed E-state index contributed by atoms with van der Waals surface area (Å²) < 4.78 is 5.99. The molecule has 0 radical (unpaired) electrons. The van der Waals surface area contributed by atoms with Crippen LogP contribution >= 0.6 is 12.4 Å². The minimum atomic E-state index is 0. The molecule has 2 nitrogen and oxygen atoms in total. The Kier molecular flexibility index (Phi) is 5.48. The fraction of sp³-hybridized carbons (Fsp3) is 0.600. The molecule has 1 aliphatic rings. The molecule has 18 heavy (non-hydrogen) atoms. The fourth-order valence-electron chi connectivity index (χ4n) is 2.23. The van der Waals surface area contributed by atoms with Crippen LogP contribution < -0.4 is 10.5 Å². The molecule has 0 amide bonds. The highest BCUT2D eigenvalue weighted by atomic mass is 35.5. The molecule has 1 fully saturated rings. The van der Waals surface area contributed by atoms with Crippen molar-refractivity contribution in [3.63, 3.8) is 0 Å². The zero-order chi connectivity index (χ0) is 12.4. The maximum absolute atomic E-state index is 5.99. The molecule has 1 aliphatic carbocycles. The molecule has 1 atom stereocenters. The number of nitrogens with two attached hydrogens (primary N) is 1. The molecule has 0 aromatic heterocycles. The monoisotopic (exact) mass is 269 g/mol. The molecule has 1 aromatic carbocycles. The highest BCUT2D eigenvalue weighted by Gasteiger charge is 2.23. The van der Waals surface area contributed by atoms with Crippen molar-refractivity contribution in [2.24, 2.45) is 11.7 Å². The van der Waals surface area contributed by atoms with Crippen LogP contribution in [0.3, 0.4) is 0 Å². The first-order chi connectivity index (χ1) is 8.06. The summed E-state index contributed by atoms with van der Waals surface area (Å²) in [5.41, 5.74) is 9.69. The molecule has 0 aliphatic heterocycles. The Balaban J connectivity index is 0.00000162. The van der Waals surface area contributed by atoms with E-state index >= 15 is 0 Å². The van der Waals surface area contributed by atoms with Crippen molar-refractivity contribution < 1.29 is 4.74 Å². The first-order valence-corrected chi connectivity index (χ1v) is 6.54. The number of halogens is 1. The van der Waals surface area contributed by atoms with E-state index in [9.17, 15) is 0 Å². The van der Waals surface area contributed by atoms with Crippen molar-refractivity contribution >= 4 is 12.4 Å². The van der Waals surface area contributed by atoms with Crippen LogP contribution in [0.2, 0.25) is 0 Å². The van der Waals surface area contributed by atoms with Gasteiger partial charge in [-0.05, 0) is 57.1 Å². The Bertz CT molecular complexity index is 400. The highest BCUT2D eigenvalue weighted by Crippen LogP contribution is 2.32. The lowest BCUT2D eigenvalue weighted by Crippen LogP contribution is -2.19. The lowest BCUT2D eigenvalue weighted by molar-refractivity contribution is 0.294. The van der Waals surface area contributed by atoms with Gasteiger partial charge >= 0.3 is 0 Å². The number of hydrogen-bond donors (Lipinski definition) is 1. The van der Waals surface area contributed by atoms with Gasteiger partial charge in [0.05, 0.1) is 6.61 Å². The third kappa shape index (κ3) is 4.18. The van der Waals surface area contributed by atoms with Gasteiger partial charge in [-0.1, -0.05) is 17.7 Å². The van der Waals surface area contributed by atoms with Gasteiger partial charge < -0.3 is 10.5 Å². The van der Waals surface area contributed by atoms with Crippen LogP contribution in [0.1, 0.15) is 36.5 Å². The molecule has 1 aromatic rings. The lowest BCUT2D eigenvalue weighted by Gasteiger charge is -2.16. The second kappa shape index (κ2) is 6.44. The van der Waals surface area contributed by atoms with E-state index < -0.39 is 0 Å². The number of hydrogen-bond acceptors (Lipinski definition) is 2. The Morgan fingerprint density at radius 2 is 2.00 bits per heavy atom. The average molecular weight is 270 g/mol. The van der Waals surface area contributed by atoms with Gasteiger partial charge in [-0.25, -0.2) is 0 Å². The predicted octanol–water partition coefficient (Wildman–Crippen LogP) is 3.40. The van der Waals surface area contributed by atoms with Crippen LogP contribution in [-0.4, -0.2) is 12.6 Å². The number of benzene rings is 1. The van der Waals surface area contributed by atoms with Gasteiger partial charge in [0.1, 0.15) is 5.75 Å². The molecule has 2 N–H and O–H groups in total. The third-order valence-corrected chi connectivity index (χ3v) is 3.20. The summed E-state index contributed by atoms with van der Waals surface area (Å²) in [6.45, 7) is 7.17. The van der Waals surface area contributed by atoms with E-state index in [4.69, 9.17) is 10.5 Å². The minimum absolute atomic E-state index is 0. The second-order valence-corrected chi connectivity index (χ2v) is 5.51. The summed E-state index contributed by atoms with van der Waals surface area (Å²) in [4.78, 5) is 0. The van der Waals surface area contributed by atoms with Crippen LogP contribution in [0.5, 0.6) is 5.75 Å². The van der Waals surface area contributed by atoms with Crippen molar-refractivity contribution in [1.82, 2.24) is 0 Å². The van der Waals surface area contributed by atoms with Gasteiger partial charge in [0.15, 0.2) is 0 Å². The standard InChI is InChI=1S/C15H23NO.ClH/c1-10-6-11(2)15(17-9-13-4-5-13)14(7-10)8-12(3)16;/h6-7,12-13H,4-5,8-9,16H2,1-3H3;1H. The molecule has 0 heterocycles. The summed E-state index contributed by atoms with van der Waals surface area (Å²) in [5, 5.41) is 0. The fourth-order valence-corrected chi connectivity index (χ4v) is 2.23. The summed E-state index contributed by atoms with van der Waals surface area (Å²) in [6, 6.07) is 4.57. The molecular formula is C15H24ClNO. The molecule has 3 heteroatoms. The summed E-state index contributed by atoms with van der Waals surface area (Å²) >= 11 is 0. The molecule has 1 unspecified atom stereocenters. The third-order valence-electron chi connectivity index (χ3n) is 3.20. The number of rotatable bonds is 5. The maximum atomic E-state index is 5.99. The van der Waals surface area contributed by atoms with Crippen molar-refractivity contribution in [3.8, 4) is 5.75 Å². The van der Waals surface area contributed by atoms with Crippen molar-refractivity contribution in [1.29, 1.82) is 0 Å². The first-order valence-electron chi connectivity index (χ1n) is 6.54. The Morgan fingerprint density at radius 1 is 1.33 bits per heavy atom. The SMILES string of the molecule is Cc1cc(C)c(OCC2CC2)c(CC(C)N)c1.Cl. The number of ether oxygens (including phenoxy) is 1. The van der Waals surface area contributed by atoms with E-state index in [2.05, 4.69) is 26.0 Å². The molecular weight excluding hydrogens is 246 g/mol. The summed E-state index contributed by atoms with van der Waals surface area (Å²) in [5.74, 6) is 1.86. The van der Waals surface area contributed by atoms with E-state index in [0.717, 1.165) is 24.7 Å². The Morgan fingerprint density at radius 3 is 2.56 bits per heavy atom. The average Bonchev–Trinajstić information content (AvgIpc) is 2.98.